The second kappa shape index (κ2) is 9.97. The molecule has 1 saturated heterocycles. The molecule has 0 unspecified atom stereocenters. The highest BCUT2D eigenvalue weighted by molar-refractivity contribution is 8.27. The maximum atomic E-state index is 12.9. The van der Waals surface area contributed by atoms with Crippen LogP contribution in [-0.4, -0.2) is 21.3 Å². The molecule has 1 aliphatic rings. The molecule has 9 heteroatoms. The molecule has 1 N–H and O–H groups in total. The molecule has 0 radical (unpaired) electrons. The first-order valence-electron chi connectivity index (χ1n) is 9.60. The zero-order valence-electron chi connectivity index (χ0n) is 16.8. The first kappa shape index (κ1) is 23.3. The first-order valence-corrected chi connectivity index (χ1v) is 11.6. The number of ether oxygens (including phenoxy) is 1. The van der Waals surface area contributed by atoms with Crippen LogP contribution >= 0.6 is 47.2 Å². The third kappa shape index (κ3) is 5.39. The SMILES string of the molecule is O=C(O)c1cccc(N2C(=O)/C(=C/c3ccc(OCc4ccc(Cl)cc4Cl)cc3)SC2=S)c1. The third-order valence-electron chi connectivity index (χ3n) is 4.73. The summed E-state index contributed by atoms with van der Waals surface area (Å²) in [7, 11) is 0. The number of rotatable bonds is 6. The Kier molecular flexibility index (Phi) is 7.05. The Morgan fingerprint density at radius 1 is 1.09 bits per heavy atom. The van der Waals surface area contributed by atoms with E-state index in [-0.39, 0.29) is 11.5 Å². The molecular weight excluding hydrogens is 501 g/mol. The summed E-state index contributed by atoms with van der Waals surface area (Å²) < 4.78 is 6.13. The van der Waals surface area contributed by atoms with E-state index in [0.717, 1.165) is 22.9 Å². The quantitative estimate of drug-likeness (QED) is 0.291. The van der Waals surface area contributed by atoms with Crippen LogP contribution < -0.4 is 9.64 Å². The van der Waals surface area contributed by atoms with Gasteiger partial charge in [-0.1, -0.05) is 71.4 Å². The number of carboxylic acids is 1. The molecule has 3 aromatic carbocycles. The van der Waals surface area contributed by atoms with Crippen molar-refractivity contribution in [2.45, 2.75) is 6.61 Å². The smallest absolute Gasteiger partial charge is 0.335 e. The summed E-state index contributed by atoms with van der Waals surface area (Å²) in [5.41, 5.74) is 2.12. The van der Waals surface area contributed by atoms with Gasteiger partial charge in [0.2, 0.25) is 0 Å². The lowest BCUT2D eigenvalue weighted by atomic mass is 10.1. The van der Waals surface area contributed by atoms with Crippen LogP contribution in [0.1, 0.15) is 21.5 Å². The van der Waals surface area contributed by atoms with Crippen LogP contribution in [-0.2, 0) is 11.4 Å². The lowest BCUT2D eigenvalue weighted by Gasteiger charge is -2.14. The van der Waals surface area contributed by atoms with Crippen LogP contribution in [0, 0.1) is 0 Å². The van der Waals surface area contributed by atoms with Crippen molar-refractivity contribution in [1.82, 2.24) is 0 Å². The minimum absolute atomic E-state index is 0.0843. The molecule has 5 nitrogen and oxygen atoms in total. The van der Waals surface area contributed by atoms with Crippen LogP contribution in [0.25, 0.3) is 6.08 Å². The zero-order valence-corrected chi connectivity index (χ0v) is 20.0. The van der Waals surface area contributed by atoms with Crippen LogP contribution in [0.15, 0.2) is 71.6 Å². The Bertz CT molecular complexity index is 1290. The largest absolute Gasteiger partial charge is 0.489 e. The van der Waals surface area contributed by atoms with Gasteiger partial charge in [0.1, 0.15) is 12.4 Å². The normalized spacial score (nSPS) is 14.7. The summed E-state index contributed by atoms with van der Waals surface area (Å²) >= 11 is 18.6. The zero-order chi connectivity index (χ0) is 23.5. The van der Waals surface area contributed by atoms with Gasteiger partial charge in [-0.05, 0) is 54.1 Å². The van der Waals surface area contributed by atoms with E-state index in [9.17, 15) is 14.7 Å². The highest BCUT2D eigenvalue weighted by atomic mass is 35.5. The van der Waals surface area contributed by atoms with E-state index < -0.39 is 5.97 Å². The predicted octanol–water partition coefficient (Wildman–Crippen LogP) is 6.68. The van der Waals surface area contributed by atoms with E-state index >= 15 is 0 Å². The number of benzene rings is 3. The minimum Gasteiger partial charge on any atom is -0.489 e. The van der Waals surface area contributed by atoms with Gasteiger partial charge >= 0.3 is 5.97 Å². The highest BCUT2D eigenvalue weighted by Gasteiger charge is 2.33. The molecule has 0 aromatic heterocycles. The van der Waals surface area contributed by atoms with E-state index in [1.54, 1.807) is 42.5 Å². The molecular formula is C24H15Cl2NO4S2. The van der Waals surface area contributed by atoms with E-state index in [0.29, 0.717) is 37.3 Å². The molecule has 1 fully saturated rings. The predicted molar refractivity (Wildman–Crippen MR) is 136 cm³/mol. The summed E-state index contributed by atoms with van der Waals surface area (Å²) in [6.45, 7) is 0.295. The number of carbonyl (C=O) groups is 2. The Labute approximate surface area is 209 Å². The molecule has 1 aliphatic heterocycles. The molecule has 1 amide bonds. The summed E-state index contributed by atoms with van der Waals surface area (Å²) in [6, 6.07) is 18.6. The van der Waals surface area contributed by atoms with E-state index in [1.165, 1.54) is 17.0 Å². The summed E-state index contributed by atoms with van der Waals surface area (Å²) in [5.74, 6) is -0.722. The Morgan fingerprint density at radius 2 is 1.85 bits per heavy atom. The first-order chi connectivity index (χ1) is 15.8. The van der Waals surface area contributed by atoms with Crippen molar-refractivity contribution in [2.75, 3.05) is 4.90 Å². The van der Waals surface area contributed by atoms with Crippen molar-refractivity contribution in [3.8, 4) is 5.75 Å². The maximum Gasteiger partial charge on any atom is 0.335 e. The lowest BCUT2D eigenvalue weighted by molar-refractivity contribution is -0.113. The molecule has 0 saturated carbocycles. The van der Waals surface area contributed by atoms with Crippen LogP contribution in [0.3, 0.4) is 0 Å². The second-order valence-electron chi connectivity index (χ2n) is 6.97. The van der Waals surface area contributed by atoms with Gasteiger partial charge < -0.3 is 9.84 Å². The minimum atomic E-state index is -1.07. The number of hydrogen-bond donors (Lipinski definition) is 1. The highest BCUT2D eigenvalue weighted by Crippen LogP contribution is 2.36. The second-order valence-corrected chi connectivity index (χ2v) is 9.49. The van der Waals surface area contributed by atoms with E-state index in [2.05, 4.69) is 0 Å². The van der Waals surface area contributed by atoms with E-state index in [1.807, 2.05) is 18.2 Å². The third-order valence-corrected chi connectivity index (χ3v) is 6.62. The molecule has 0 aliphatic carbocycles. The molecule has 166 valence electrons. The fourth-order valence-electron chi connectivity index (χ4n) is 3.08. The summed E-state index contributed by atoms with van der Waals surface area (Å²) in [4.78, 5) is 26.0. The van der Waals surface area contributed by atoms with Gasteiger partial charge in [0.15, 0.2) is 4.32 Å². The molecule has 0 atom stereocenters. The van der Waals surface area contributed by atoms with E-state index in [4.69, 9.17) is 40.2 Å². The number of aromatic carboxylic acids is 1. The molecule has 1 heterocycles. The van der Waals surface area contributed by atoms with Crippen LogP contribution in [0.4, 0.5) is 5.69 Å². The monoisotopic (exact) mass is 515 g/mol. The topological polar surface area (TPSA) is 66.8 Å². The number of thioether (sulfide) groups is 1. The number of carbonyl (C=O) groups excluding carboxylic acids is 1. The average molecular weight is 516 g/mol. The van der Waals surface area contributed by atoms with Gasteiger partial charge in [-0.25, -0.2) is 4.79 Å². The van der Waals surface area contributed by atoms with Gasteiger partial charge in [0.05, 0.1) is 16.2 Å². The van der Waals surface area contributed by atoms with Gasteiger partial charge in [-0.2, -0.15) is 0 Å². The Morgan fingerprint density at radius 3 is 2.55 bits per heavy atom. The maximum absolute atomic E-state index is 12.9. The standard InChI is InChI=1S/C24H15Cl2NO4S2/c25-17-7-6-16(20(26)12-17)13-31-19-8-4-14(5-9-19)10-21-22(28)27(24(32)33-21)18-3-1-2-15(11-18)23(29)30/h1-12H,13H2,(H,29,30)/b21-10-. The van der Waals surface area contributed by atoms with Gasteiger partial charge in [0.25, 0.3) is 5.91 Å². The fourth-order valence-corrected chi connectivity index (χ4v) is 4.84. The van der Waals surface area contributed by atoms with Crippen molar-refractivity contribution in [1.29, 1.82) is 0 Å². The number of halogens is 2. The van der Waals surface area contributed by atoms with Crippen molar-refractivity contribution in [3.05, 3.63) is 98.4 Å². The Hall–Kier alpha value is -2.84. The molecule has 0 spiro atoms. The number of amides is 1. The van der Waals surface area contributed by atoms with Gasteiger partial charge in [0, 0.05) is 15.6 Å². The number of nitrogens with zero attached hydrogens (tertiary/aromatic N) is 1. The molecule has 33 heavy (non-hydrogen) atoms. The summed E-state index contributed by atoms with van der Waals surface area (Å²) in [6.07, 6.45) is 1.74. The van der Waals surface area contributed by atoms with Crippen LogP contribution in [0.2, 0.25) is 10.0 Å². The van der Waals surface area contributed by atoms with Crippen molar-refractivity contribution in [3.63, 3.8) is 0 Å². The molecule has 3 aromatic rings. The molecule has 0 bridgehead atoms. The van der Waals surface area contributed by atoms with Crippen molar-refractivity contribution < 1.29 is 19.4 Å². The van der Waals surface area contributed by atoms with Gasteiger partial charge in [-0.15, -0.1) is 0 Å². The number of anilines is 1. The summed E-state index contributed by atoms with van der Waals surface area (Å²) in [5, 5.41) is 10.3. The fraction of sp³-hybridized carbons (Fsp3) is 0.0417. The van der Waals surface area contributed by atoms with Crippen LogP contribution in [0.5, 0.6) is 5.75 Å². The van der Waals surface area contributed by atoms with Crippen molar-refractivity contribution >= 4 is 75.1 Å². The Balaban J connectivity index is 1.46. The number of thiocarbonyl (C=S) groups is 1. The lowest BCUT2D eigenvalue weighted by Crippen LogP contribution is -2.27. The average Bonchev–Trinajstić information content (AvgIpc) is 3.07. The number of carboxylic acid groups (broad SMARTS) is 1. The van der Waals surface area contributed by atoms with Gasteiger partial charge in [-0.3, -0.25) is 9.69 Å². The number of hydrogen-bond acceptors (Lipinski definition) is 5. The van der Waals surface area contributed by atoms with Crippen molar-refractivity contribution in [2.24, 2.45) is 0 Å². The molecule has 4 rings (SSSR count).